The lowest BCUT2D eigenvalue weighted by Gasteiger charge is -2.18. The lowest BCUT2D eigenvalue weighted by molar-refractivity contribution is 1.13. The van der Waals surface area contributed by atoms with Crippen LogP contribution in [0.1, 0.15) is 0 Å². The third-order valence-electron chi connectivity index (χ3n) is 20.0. The molecule has 6 nitrogen and oxygen atoms in total. The number of benzene rings is 15. The maximum absolute atomic E-state index is 2.45. The summed E-state index contributed by atoms with van der Waals surface area (Å²) < 4.78 is 14.6. The molecule has 6 aromatic heterocycles. The fraction of sp³-hybridized carbons (Fsp3) is 0. The van der Waals surface area contributed by atoms with Crippen molar-refractivity contribution in [2.45, 2.75) is 0 Å². The molecule has 0 saturated carbocycles. The standard InChI is InChI=1S/C60H38N4.C30H20N2/c1-9-25-53-45(17-1)46-18-2-10-26-54(46)61(53)41-33-39(34-42(37-41)62-55-27-11-3-19-47(55)48-20-4-12-28-56(48)62)40-35-43(63-57-29-13-5-21-49(57)50-22-6-14-30-58(50)63)38-44(36-40)64-59-31-15-7-23-51(59)52-24-8-16-32-60(52)64;1-2-10-21(11-3-1)31-29-17-9-6-14-25(29)26-20-22(18-19-30(26)31)32-27-15-7-4-12-23(27)24-13-5-8-16-28(24)32/h1-38H;1-20H. The molecule has 0 aliphatic carbocycles. The van der Waals surface area contributed by atoms with Gasteiger partial charge in [-0.2, -0.15) is 0 Å². The number of aromatic nitrogens is 6. The van der Waals surface area contributed by atoms with Crippen LogP contribution >= 0.6 is 0 Å². The van der Waals surface area contributed by atoms with E-state index in [-0.39, 0.29) is 0 Å². The largest absolute Gasteiger partial charge is 0.309 e. The topological polar surface area (TPSA) is 29.6 Å². The molecular weight excluding hydrogens is 1170 g/mol. The second-order valence-corrected chi connectivity index (χ2v) is 25.2. The molecule has 0 saturated heterocycles. The van der Waals surface area contributed by atoms with Crippen LogP contribution in [-0.4, -0.2) is 27.4 Å². The Morgan fingerprint density at radius 2 is 0.302 bits per heavy atom. The van der Waals surface area contributed by atoms with Crippen LogP contribution in [0.15, 0.2) is 352 Å². The summed E-state index contributed by atoms with van der Waals surface area (Å²) in [6.07, 6.45) is 0. The van der Waals surface area contributed by atoms with Crippen molar-refractivity contribution in [2.24, 2.45) is 0 Å². The molecule has 6 heteroatoms. The van der Waals surface area contributed by atoms with Crippen molar-refractivity contribution in [3.63, 3.8) is 0 Å². The minimum atomic E-state index is 1.10. The van der Waals surface area contributed by atoms with Gasteiger partial charge in [0.1, 0.15) is 0 Å². The van der Waals surface area contributed by atoms with E-state index in [0.717, 1.165) is 33.9 Å². The Labute approximate surface area is 552 Å². The highest BCUT2D eigenvalue weighted by Gasteiger charge is 2.22. The van der Waals surface area contributed by atoms with E-state index in [1.807, 2.05) is 0 Å². The molecule has 0 atom stereocenters. The van der Waals surface area contributed by atoms with Gasteiger partial charge in [0, 0.05) is 98.8 Å². The normalized spacial score (nSPS) is 12.0. The first-order chi connectivity index (χ1) is 47.7. The van der Waals surface area contributed by atoms with Crippen molar-refractivity contribution in [3.8, 4) is 45.3 Å². The quantitative estimate of drug-likeness (QED) is 0.152. The first-order valence-corrected chi connectivity index (χ1v) is 33.0. The molecule has 0 amide bonds. The molecule has 96 heavy (non-hydrogen) atoms. The highest BCUT2D eigenvalue weighted by atomic mass is 15.0. The van der Waals surface area contributed by atoms with Gasteiger partial charge in [0.15, 0.2) is 0 Å². The number of hydrogen-bond donors (Lipinski definition) is 0. The van der Waals surface area contributed by atoms with Crippen molar-refractivity contribution < 1.29 is 0 Å². The third-order valence-corrected chi connectivity index (χ3v) is 20.0. The van der Waals surface area contributed by atoms with Crippen LogP contribution < -0.4 is 0 Å². The van der Waals surface area contributed by atoms with Crippen molar-refractivity contribution in [3.05, 3.63) is 352 Å². The van der Waals surface area contributed by atoms with Crippen LogP contribution in [0, 0.1) is 0 Å². The minimum absolute atomic E-state index is 1.10. The molecule has 0 spiro atoms. The molecular formula is C90H58N6. The van der Waals surface area contributed by atoms with Crippen LogP contribution in [0.25, 0.3) is 176 Å². The summed E-state index contributed by atoms with van der Waals surface area (Å²) in [6, 6.07) is 128. The van der Waals surface area contributed by atoms with Crippen molar-refractivity contribution in [1.29, 1.82) is 0 Å². The molecule has 0 aliphatic rings. The summed E-state index contributed by atoms with van der Waals surface area (Å²) in [4.78, 5) is 0. The Hall–Kier alpha value is -12.9. The Morgan fingerprint density at radius 3 is 0.552 bits per heavy atom. The number of nitrogens with zero attached hydrogens (tertiary/aromatic N) is 6. The Kier molecular flexibility index (Phi) is 11.9. The third kappa shape index (κ3) is 8.12. The molecule has 0 fully saturated rings. The average Bonchev–Trinajstić information content (AvgIpc) is 1.58. The molecule has 0 aliphatic heterocycles. The van der Waals surface area contributed by atoms with E-state index in [9.17, 15) is 0 Å². The van der Waals surface area contributed by atoms with E-state index in [4.69, 9.17) is 0 Å². The zero-order chi connectivity index (χ0) is 63.0. The second kappa shape index (κ2) is 21.3. The molecule has 6 heterocycles. The number of fused-ring (bicyclic) bond motifs is 18. The van der Waals surface area contributed by atoms with Crippen LogP contribution in [0.3, 0.4) is 0 Å². The molecule has 0 N–H and O–H groups in total. The maximum Gasteiger partial charge on any atom is 0.0542 e. The van der Waals surface area contributed by atoms with Gasteiger partial charge in [-0.15, -0.1) is 0 Å². The van der Waals surface area contributed by atoms with E-state index < -0.39 is 0 Å². The Balaban J connectivity index is 0.000000164. The molecule has 15 aromatic carbocycles. The summed E-state index contributed by atoms with van der Waals surface area (Å²) in [7, 11) is 0. The van der Waals surface area contributed by atoms with Crippen molar-refractivity contribution in [2.75, 3.05) is 0 Å². The maximum atomic E-state index is 2.45. The van der Waals surface area contributed by atoms with Crippen LogP contribution in [0.4, 0.5) is 0 Å². The van der Waals surface area contributed by atoms with Gasteiger partial charge < -0.3 is 27.4 Å². The monoisotopic (exact) mass is 1220 g/mol. The molecule has 0 unspecified atom stereocenters. The van der Waals surface area contributed by atoms with Gasteiger partial charge in [0.05, 0.1) is 66.2 Å². The minimum Gasteiger partial charge on any atom is -0.309 e. The van der Waals surface area contributed by atoms with Gasteiger partial charge in [0.25, 0.3) is 0 Å². The van der Waals surface area contributed by atoms with E-state index in [1.54, 1.807) is 0 Å². The van der Waals surface area contributed by atoms with Gasteiger partial charge in [-0.1, -0.05) is 218 Å². The van der Waals surface area contributed by atoms with Gasteiger partial charge in [-0.25, -0.2) is 0 Å². The van der Waals surface area contributed by atoms with Gasteiger partial charge in [-0.3, -0.25) is 0 Å². The lowest BCUT2D eigenvalue weighted by atomic mass is 10.0. The SMILES string of the molecule is c1ccc(-n2c3ccccc3c3cc(-n4c5ccccc5c5ccccc54)ccc32)cc1.c1ccc2c(c1)c1ccccc1n2-c1cc(-c2cc(-n3c4ccccc4c4ccccc43)cc(-n3c4ccccc4c4ccccc43)c2)cc(-n2c3ccccc3c3ccccc32)c1. The van der Waals surface area contributed by atoms with E-state index >= 15 is 0 Å². The Bertz CT molecular complexity index is 5910. The zero-order valence-corrected chi connectivity index (χ0v) is 52.2. The Morgan fingerprint density at radius 1 is 0.115 bits per heavy atom. The van der Waals surface area contributed by atoms with E-state index in [2.05, 4.69) is 379 Å². The zero-order valence-electron chi connectivity index (χ0n) is 52.2. The highest BCUT2D eigenvalue weighted by Crippen LogP contribution is 2.43. The molecule has 0 bridgehead atoms. The number of rotatable bonds is 7. The van der Waals surface area contributed by atoms with Crippen molar-refractivity contribution >= 4 is 131 Å². The van der Waals surface area contributed by atoms with Gasteiger partial charge in [0.2, 0.25) is 0 Å². The van der Waals surface area contributed by atoms with Crippen LogP contribution in [-0.2, 0) is 0 Å². The highest BCUT2D eigenvalue weighted by molar-refractivity contribution is 6.15. The van der Waals surface area contributed by atoms with Crippen LogP contribution in [0.2, 0.25) is 0 Å². The average molecular weight is 1220 g/mol. The predicted molar refractivity (Wildman–Crippen MR) is 404 cm³/mol. The molecule has 448 valence electrons. The summed E-state index contributed by atoms with van der Waals surface area (Å²) in [5, 5.41) is 15.0. The summed E-state index contributed by atoms with van der Waals surface area (Å²) >= 11 is 0. The number of para-hydroxylation sites is 12. The fourth-order valence-electron chi connectivity index (χ4n) is 16.0. The summed E-state index contributed by atoms with van der Waals surface area (Å²) in [6.45, 7) is 0. The first-order valence-electron chi connectivity index (χ1n) is 33.0. The first kappa shape index (κ1) is 53.7. The summed E-state index contributed by atoms with van der Waals surface area (Å²) in [5.74, 6) is 0. The smallest absolute Gasteiger partial charge is 0.0542 e. The lowest BCUT2D eigenvalue weighted by Crippen LogP contribution is -2.02. The fourth-order valence-corrected chi connectivity index (χ4v) is 16.0. The summed E-state index contributed by atoms with van der Waals surface area (Å²) in [5.41, 5.74) is 23.4. The molecule has 0 radical (unpaired) electrons. The van der Waals surface area contributed by atoms with Crippen molar-refractivity contribution in [1.82, 2.24) is 27.4 Å². The van der Waals surface area contributed by atoms with Gasteiger partial charge in [-0.05, 0) is 145 Å². The van der Waals surface area contributed by atoms with Gasteiger partial charge >= 0.3 is 0 Å². The van der Waals surface area contributed by atoms with E-state index in [1.165, 1.54) is 142 Å². The van der Waals surface area contributed by atoms with Crippen LogP contribution in [0.5, 0.6) is 0 Å². The molecule has 21 rings (SSSR count). The number of hydrogen-bond acceptors (Lipinski definition) is 0. The van der Waals surface area contributed by atoms with E-state index in [0.29, 0.717) is 0 Å². The predicted octanol–water partition coefficient (Wildman–Crippen LogP) is 23.6. The second-order valence-electron chi connectivity index (χ2n) is 25.2. The molecule has 21 aromatic rings.